The maximum absolute atomic E-state index is 13.0. The summed E-state index contributed by atoms with van der Waals surface area (Å²) in [7, 11) is -0.573. The zero-order valence-electron chi connectivity index (χ0n) is 15.3. The van der Waals surface area contributed by atoms with Crippen LogP contribution in [0.15, 0.2) is 52.9 Å². The third kappa shape index (κ3) is 4.67. The van der Waals surface area contributed by atoms with Crippen LogP contribution in [-0.4, -0.2) is 34.2 Å². The van der Waals surface area contributed by atoms with Crippen LogP contribution in [0, 0.1) is 5.82 Å². The number of benzene rings is 2. The van der Waals surface area contributed by atoms with Crippen molar-refractivity contribution in [1.29, 1.82) is 0 Å². The number of rotatable bonds is 8. The number of nitrogens with zero attached hydrogens (tertiary/aromatic N) is 1. The average Bonchev–Trinajstić information content (AvgIpc) is 3.19. The Hall–Kier alpha value is -2.49. The van der Waals surface area contributed by atoms with Crippen LogP contribution < -0.4 is 14.2 Å². The molecule has 0 aliphatic rings. The molecule has 2 aromatic carbocycles. The molecule has 0 unspecified atom stereocenters. The van der Waals surface area contributed by atoms with Crippen LogP contribution in [0.2, 0.25) is 0 Å². The smallest absolute Gasteiger partial charge is 0.251 e. The molecule has 1 N–H and O–H groups in total. The first-order chi connectivity index (χ1) is 13.4. The number of ether oxygens (including phenoxy) is 2. The number of sulfonamides is 1. The summed E-state index contributed by atoms with van der Waals surface area (Å²) < 4.78 is 51.2. The van der Waals surface area contributed by atoms with Gasteiger partial charge in [-0.05, 0) is 48.4 Å². The first kappa shape index (κ1) is 20.2. The minimum Gasteiger partial charge on any atom is -0.493 e. The lowest BCUT2D eigenvalue weighted by Crippen LogP contribution is -2.25. The van der Waals surface area contributed by atoms with Gasteiger partial charge in [-0.15, -0.1) is 11.3 Å². The molecule has 0 fully saturated rings. The van der Waals surface area contributed by atoms with Crippen LogP contribution in [0.1, 0.15) is 5.56 Å². The van der Waals surface area contributed by atoms with Gasteiger partial charge in [-0.3, -0.25) is 0 Å². The second-order valence-corrected chi connectivity index (χ2v) is 8.85. The van der Waals surface area contributed by atoms with Gasteiger partial charge in [0.15, 0.2) is 15.7 Å². The number of hydrogen-bond acceptors (Lipinski definition) is 6. The van der Waals surface area contributed by atoms with Gasteiger partial charge in [-0.1, -0.05) is 6.07 Å². The number of thiazole rings is 1. The lowest BCUT2D eigenvalue weighted by Gasteiger charge is -2.10. The van der Waals surface area contributed by atoms with Crippen LogP contribution in [0.5, 0.6) is 11.5 Å². The molecule has 148 valence electrons. The maximum atomic E-state index is 13.0. The van der Waals surface area contributed by atoms with Gasteiger partial charge >= 0.3 is 0 Å². The van der Waals surface area contributed by atoms with Crippen molar-refractivity contribution < 1.29 is 22.3 Å². The fourth-order valence-electron chi connectivity index (χ4n) is 2.55. The summed E-state index contributed by atoms with van der Waals surface area (Å²) in [6.07, 6.45) is 1.80. The molecule has 1 aromatic heterocycles. The van der Waals surface area contributed by atoms with Gasteiger partial charge in [0.1, 0.15) is 10.8 Å². The van der Waals surface area contributed by atoms with Gasteiger partial charge in [-0.2, -0.15) is 0 Å². The molecule has 3 rings (SSSR count). The van der Waals surface area contributed by atoms with E-state index in [-0.39, 0.29) is 16.6 Å². The SMILES string of the molecule is COc1ccc(CCNS(=O)(=O)c2cnc(-c3ccc(F)cc3)s2)cc1OC. The Balaban J connectivity index is 1.65. The van der Waals surface area contributed by atoms with Gasteiger partial charge in [0.25, 0.3) is 10.0 Å². The van der Waals surface area contributed by atoms with E-state index in [4.69, 9.17) is 9.47 Å². The van der Waals surface area contributed by atoms with Crippen LogP contribution in [0.3, 0.4) is 0 Å². The zero-order chi connectivity index (χ0) is 20.1. The molecule has 0 bridgehead atoms. The number of hydrogen-bond donors (Lipinski definition) is 1. The molecule has 0 spiro atoms. The van der Waals surface area contributed by atoms with Gasteiger partial charge < -0.3 is 9.47 Å². The van der Waals surface area contributed by atoms with Gasteiger partial charge in [0, 0.05) is 12.1 Å². The normalized spacial score (nSPS) is 11.4. The Morgan fingerprint density at radius 3 is 2.46 bits per heavy atom. The molecule has 9 heteroatoms. The predicted molar refractivity (Wildman–Crippen MR) is 106 cm³/mol. The number of halogens is 1. The molecule has 28 heavy (non-hydrogen) atoms. The van der Waals surface area contributed by atoms with Crippen molar-refractivity contribution >= 4 is 21.4 Å². The first-order valence-electron chi connectivity index (χ1n) is 8.35. The summed E-state index contributed by atoms with van der Waals surface area (Å²) in [4.78, 5) is 4.14. The Bertz CT molecular complexity index is 1050. The third-order valence-corrected chi connectivity index (χ3v) is 6.96. The van der Waals surface area contributed by atoms with Crippen LogP contribution >= 0.6 is 11.3 Å². The molecule has 0 radical (unpaired) electrons. The zero-order valence-corrected chi connectivity index (χ0v) is 16.9. The molecule has 6 nitrogen and oxygen atoms in total. The van der Waals surface area contributed by atoms with Crippen molar-refractivity contribution in [3.05, 3.63) is 60.0 Å². The second-order valence-electron chi connectivity index (χ2n) is 5.83. The fourth-order valence-corrected chi connectivity index (χ4v) is 4.76. The Morgan fingerprint density at radius 2 is 1.79 bits per heavy atom. The largest absolute Gasteiger partial charge is 0.493 e. The number of methoxy groups -OCH3 is 2. The quantitative estimate of drug-likeness (QED) is 0.601. The van der Waals surface area contributed by atoms with Crippen molar-refractivity contribution in [3.63, 3.8) is 0 Å². The Morgan fingerprint density at radius 1 is 1.07 bits per heavy atom. The van der Waals surface area contributed by atoms with Crippen molar-refractivity contribution in [2.24, 2.45) is 0 Å². The monoisotopic (exact) mass is 422 g/mol. The predicted octanol–water partition coefficient (Wildman–Crippen LogP) is 3.49. The number of nitrogens with one attached hydrogen (secondary N) is 1. The molecule has 0 aliphatic carbocycles. The molecule has 0 atom stereocenters. The summed E-state index contributed by atoms with van der Waals surface area (Å²) >= 11 is 1.04. The van der Waals surface area contributed by atoms with E-state index in [1.165, 1.54) is 18.3 Å². The highest BCUT2D eigenvalue weighted by atomic mass is 32.2. The average molecular weight is 423 g/mol. The topological polar surface area (TPSA) is 77.5 Å². The fraction of sp³-hybridized carbons (Fsp3) is 0.211. The van der Waals surface area contributed by atoms with Crippen molar-refractivity contribution in [2.75, 3.05) is 20.8 Å². The van der Waals surface area contributed by atoms with Gasteiger partial charge in [-0.25, -0.2) is 22.5 Å². The molecule has 0 saturated heterocycles. The minimum atomic E-state index is -3.68. The highest BCUT2D eigenvalue weighted by Gasteiger charge is 2.18. The second kappa shape index (κ2) is 8.68. The van der Waals surface area contributed by atoms with E-state index < -0.39 is 10.0 Å². The standard InChI is InChI=1S/C19H19FN2O4S2/c1-25-16-8-3-13(11-17(16)26-2)9-10-22-28(23,24)18-12-21-19(27-18)14-4-6-15(20)7-5-14/h3-8,11-12,22H,9-10H2,1-2H3. The number of aromatic nitrogens is 1. The molecule has 3 aromatic rings. The van der Waals surface area contributed by atoms with E-state index in [0.717, 1.165) is 16.9 Å². The molecular formula is C19H19FN2O4S2. The first-order valence-corrected chi connectivity index (χ1v) is 10.7. The lowest BCUT2D eigenvalue weighted by atomic mass is 10.1. The summed E-state index contributed by atoms with van der Waals surface area (Å²) in [5.41, 5.74) is 1.58. The van der Waals surface area contributed by atoms with Crippen LogP contribution in [0.4, 0.5) is 4.39 Å². The van der Waals surface area contributed by atoms with E-state index in [1.54, 1.807) is 32.4 Å². The Labute approximate surface area is 167 Å². The molecule has 1 heterocycles. The van der Waals surface area contributed by atoms with Gasteiger partial charge in [0.05, 0.1) is 20.4 Å². The lowest BCUT2D eigenvalue weighted by molar-refractivity contribution is 0.354. The molecule has 0 aliphatic heterocycles. The van der Waals surface area contributed by atoms with E-state index in [9.17, 15) is 12.8 Å². The van der Waals surface area contributed by atoms with E-state index >= 15 is 0 Å². The summed E-state index contributed by atoms with van der Waals surface area (Å²) in [6.45, 7) is 0.224. The van der Waals surface area contributed by atoms with Crippen molar-refractivity contribution in [2.45, 2.75) is 10.6 Å². The summed E-state index contributed by atoms with van der Waals surface area (Å²) in [5.74, 6) is 0.851. The highest BCUT2D eigenvalue weighted by molar-refractivity contribution is 7.91. The Kier molecular flexibility index (Phi) is 6.28. The van der Waals surface area contributed by atoms with Crippen molar-refractivity contribution in [1.82, 2.24) is 9.71 Å². The van der Waals surface area contributed by atoms with Crippen LogP contribution in [-0.2, 0) is 16.4 Å². The minimum absolute atomic E-state index is 0.110. The van der Waals surface area contributed by atoms with Crippen molar-refractivity contribution in [3.8, 4) is 22.1 Å². The molecular weight excluding hydrogens is 403 g/mol. The van der Waals surface area contributed by atoms with Crippen LogP contribution in [0.25, 0.3) is 10.6 Å². The molecule has 0 amide bonds. The van der Waals surface area contributed by atoms with E-state index in [1.807, 2.05) is 12.1 Å². The summed E-state index contributed by atoms with van der Waals surface area (Å²) in [6, 6.07) is 11.2. The highest BCUT2D eigenvalue weighted by Crippen LogP contribution is 2.29. The van der Waals surface area contributed by atoms with Gasteiger partial charge in [0.2, 0.25) is 0 Å². The van der Waals surface area contributed by atoms with E-state index in [0.29, 0.717) is 28.5 Å². The third-order valence-electron chi connectivity index (χ3n) is 3.99. The molecule has 0 saturated carbocycles. The van der Waals surface area contributed by atoms with E-state index in [2.05, 4.69) is 9.71 Å². The summed E-state index contributed by atoms with van der Waals surface area (Å²) in [5, 5.41) is 0.514. The maximum Gasteiger partial charge on any atom is 0.251 e.